The Kier molecular flexibility index (Phi) is 5.41. The van der Waals surface area contributed by atoms with Crippen molar-refractivity contribution in [3.8, 4) is 0 Å². The van der Waals surface area contributed by atoms with Gasteiger partial charge in [-0.2, -0.15) is 0 Å². The molecule has 138 valence electrons. The Balaban J connectivity index is 1.97. The SMILES string of the molecule is CCN1C(=O)/C(=C\c2cccc([N+](=O)[O-])c2)SC1=Nc1cc(C)ccc1C. The van der Waals surface area contributed by atoms with Gasteiger partial charge in [-0.05, 0) is 61.4 Å². The number of hydrogen-bond acceptors (Lipinski definition) is 5. The summed E-state index contributed by atoms with van der Waals surface area (Å²) in [5, 5.41) is 11.6. The molecule has 1 heterocycles. The number of aryl methyl sites for hydroxylation is 2. The molecule has 0 atom stereocenters. The van der Waals surface area contributed by atoms with Crippen molar-refractivity contribution in [2.45, 2.75) is 20.8 Å². The van der Waals surface area contributed by atoms with Crippen LogP contribution in [0.25, 0.3) is 6.08 Å². The van der Waals surface area contributed by atoms with Crippen LogP contribution in [0.5, 0.6) is 0 Å². The molecule has 7 heteroatoms. The number of nitro groups is 1. The summed E-state index contributed by atoms with van der Waals surface area (Å²) in [4.78, 5) is 30.1. The van der Waals surface area contributed by atoms with E-state index >= 15 is 0 Å². The summed E-state index contributed by atoms with van der Waals surface area (Å²) in [7, 11) is 0. The van der Waals surface area contributed by atoms with Crippen LogP contribution in [-0.4, -0.2) is 27.4 Å². The molecular formula is C20H19N3O3S. The quantitative estimate of drug-likeness (QED) is 0.432. The molecule has 1 amide bonds. The van der Waals surface area contributed by atoms with E-state index in [0.29, 0.717) is 22.2 Å². The van der Waals surface area contributed by atoms with E-state index in [0.717, 1.165) is 16.8 Å². The molecule has 1 fully saturated rings. The van der Waals surface area contributed by atoms with Crippen LogP contribution in [0, 0.1) is 24.0 Å². The van der Waals surface area contributed by atoms with Crippen LogP contribution in [0.1, 0.15) is 23.6 Å². The lowest BCUT2D eigenvalue weighted by Gasteiger charge is -2.12. The Morgan fingerprint density at radius 3 is 2.70 bits per heavy atom. The van der Waals surface area contributed by atoms with Gasteiger partial charge in [-0.1, -0.05) is 24.3 Å². The van der Waals surface area contributed by atoms with E-state index in [4.69, 9.17) is 4.99 Å². The first-order valence-electron chi connectivity index (χ1n) is 8.51. The fraction of sp³-hybridized carbons (Fsp3) is 0.200. The second-order valence-corrected chi connectivity index (χ2v) is 7.21. The molecule has 2 aromatic carbocycles. The van der Waals surface area contributed by atoms with Gasteiger partial charge >= 0.3 is 0 Å². The monoisotopic (exact) mass is 381 g/mol. The molecule has 0 bridgehead atoms. The zero-order valence-electron chi connectivity index (χ0n) is 15.3. The highest BCUT2D eigenvalue weighted by Crippen LogP contribution is 2.35. The predicted molar refractivity (Wildman–Crippen MR) is 109 cm³/mol. The number of aliphatic imine (C=N–C) groups is 1. The van der Waals surface area contributed by atoms with Gasteiger partial charge in [0.05, 0.1) is 15.5 Å². The molecule has 0 aromatic heterocycles. The van der Waals surface area contributed by atoms with Crippen LogP contribution >= 0.6 is 11.8 Å². The van der Waals surface area contributed by atoms with Crippen LogP contribution in [0.3, 0.4) is 0 Å². The molecule has 1 aliphatic rings. The number of non-ortho nitro benzene ring substituents is 1. The van der Waals surface area contributed by atoms with Crippen molar-refractivity contribution in [3.63, 3.8) is 0 Å². The minimum absolute atomic E-state index is 0.00332. The van der Waals surface area contributed by atoms with E-state index in [2.05, 4.69) is 0 Å². The molecule has 0 aliphatic carbocycles. The summed E-state index contributed by atoms with van der Waals surface area (Å²) in [5.41, 5.74) is 3.58. The lowest BCUT2D eigenvalue weighted by atomic mass is 10.1. The summed E-state index contributed by atoms with van der Waals surface area (Å²) in [6, 6.07) is 12.3. The molecule has 27 heavy (non-hydrogen) atoms. The minimum atomic E-state index is -0.447. The van der Waals surface area contributed by atoms with E-state index in [1.807, 2.05) is 39.0 Å². The van der Waals surface area contributed by atoms with E-state index in [1.165, 1.54) is 23.9 Å². The summed E-state index contributed by atoms with van der Waals surface area (Å²) < 4.78 is 0. The third-order valence-corrected chi connectivity index (χ3v) is 5.17. The Labute approximate surface area is 161 Å². The van der Waals surface area contributed by atoms with Crippen molar-refractivity contribution < 1.29 is 9.72 Å². The van der Waals surface area contributed by atoms with Gasteiger partial charge in [0.1, 0.15) is 0 Å². The number of hydrogen-bond donors (Lipinski definition) is 0. The maximum atomic E-state index is 12.7. The minimum Gasteiger partial charge on any atom is -0.287 e. The van der Waals surface area contributed by atoms with Gasteiger partial charge in [0, 0.05) is 18.7 Å². The fourth-order valence-corrected chi connectivity index (χ4v) is 3.75. The van der Waals surface area contributed by atoms with Gasteiger partial charge in [0.15, 0.2) is 5.17 Å². The molecule has 0 radical (unpaired) electrons. The number of nitro benzene ring substituents is 1. The number of likely N-dealkylation sites (N-methyl/N-ethyl adjacent to an activating group) is 1. The summed E-state index contributed by atoms with van der Waals surface area (Å²) in [6.07, 6.45) is 1.67. The largest absolute Gasteiger partial charge is 0.287 e. The number of rotatable bonds is 4. The molecule has 0 unspecified atom stereocenters. The van der Waals surface area contributed by atoms with Gasteiger partial charge < -0.3 is 0 Å². The van der Waals surface area contributed by atoms with Crippen LogP contribution in [0.4, 0.5) is 11.4 Å². The zero-order chi connectivity index (χ0) is 19.6. The normalized spacial score (nSPS) is 17.1. The summed E-state index contributed by atoms with van der Waals surface area (Å²) >= 11 is 1.29. The Morgan fingerprint density at radius 2 is 2.00 bits per heavy atom. The van der Waals surface area contributed by atoms with Gasteiger partial charge in [-0.3, -0.25) is 19.8 Å². The molecule has 2 aromatic rings. The molecule has 3 rings (SSSR count). The van der Waals surface area contributed by atoms with Gasteiger partial charge in [0.25, 0.3) is 11.6 Å². The van der Waals surface area contributed by atoms with Crippen LogP contribution in [0.15, 0.2) is 52.4 Å². The number of carbonyl (C=O) groups is 1. The Hall–Kier alpha value is -2.93. The molecule has 0 N–H and O–H groups in total. The highest BCUT2D eigenvalue weighted by molar-refractivity contribution is 8.18. The Bertz CT molecular complexity index is 982. The van der Waals surface area contributed by atoms with E-state index in [1.54, 1.807) is 23.1 Å². The molecule has 0 saturated carbocycles. The van der Waals surface area contributed by atoms with Crippen molar-refractivity contribution in [2.75, 3.05) is 6.54 Å². The van der Waals surface area contributed by atoms with Crippen molar-refractivity contribution in [2.24, 2.45) is 4.99 Å². The third-order valence-electron chi connectivity index (χ3n) is 4.16. The number of carbonyl (C=O) groups excluding carboxylic acids is 1. The van der Waals surface area contributed by atoms with Crippen LogP contribution < -0.4 is 0 Å². The number of thioether (sulfide) groups is 1. The van der Waals surface area contributed by atoms with E-state index in [9.17, 15) is 14.9 Å². The zero-order valence-corrected chi connectivity index (χ0v) is 16.1. The highest BCUT2D eigenvalue weighted by atomic mass is 32.2. The number of benzene rings is 2. The summed E-state index contributed by atoms with van der Waals surface area (Å²) in [6.45, 7) is 6.38. The van der Waals surface area contributed by atoms with Gasteiger partial charge in [-0.15, -0.1) is 0 Å². The van der Waals surface area contributed by atoms with Crippen LogP contribution in [-0.2, 0) is 4.79 Å². The predicted octanol–water partition coefficient (Wildman–Crippen LogP) is 4.84. The molecular weight excluding hydrogens is 362 g/mol. The Morgan fingerprint density at radius 1 is 1.22 bits per heavy atom. The fourth-order valence-electron chi connectivity index (χ4n) is 2.69. The van der Waals surface area contributed by atoms with Crippen molar-refractivity contribution in [3.05, 3.63) is 74.2 Å². The molecule has 1 saturated heterocycles. The second-order valence-electron chi connectivity index (χ2n) is 6.20. The smallest absolute Gasteiger partial charge is 0.270 e. The third kappa shape index (κ3) is 4.09. The highest BCUT2D eigenvalue weighted by Gasteiger charge is 2.32. The first-order chi connectivity index (χ1) is 12.9. The van der Waals surface area contributed by atoms with Crippen molar-refractivity contribution in [1.82, 2.24) is 4.90 Å². The average Bonchev–Trinajstić information content (AvgIpc) is 2.93. The lowest BCUT2D eigenvalue weighted by Crippen LogP contribution is -2.28. The summed E-state index contributed by atoms with van der Waals surface area (Å²) in [5.74, 6) is -0.141. The maximum absolute atomic E-state index is 12.7. The van der Waals surface area contributed by atoms with E-state index in [-0.39, 0.29) is 11.6 Å². The number of amidine groups is 1. The van der Waals surface area contributed by atoms with E-state index < -0.39 is 4.92 Å². The van der Waals surface area contributed by atoms with Crippen molar-refractivity contribution >= 4 is 40.3 Å². The number of nitrogens with zero attached hydrogens (tertiary/aromatic N) is 3. The first-order valence-corrected chi connectivity index (χ1v) is 9.32. The topological polar surface area (TPSA) is 75.8 Å². The van der Waals surface area contributed by atoms with Crippen molar-refractivity contribution in [1.29, 1.82) is 0 Å². The number of amides is 1. The standard InChI is InChI=1S/C20H19N3O3S/c1-4-22-19(24)18(12-15-6-5-7-16(11-15)23(25)26)27-20(22)21-17-10-13(2)8-9-14(17)3/h5-12H,4H2,1-3H3/b18-12+,21-20?. The van der Waals surface area contributed by atoms with Gasteiger partial charge in [-0.25, -0.2) is 4.99 Å². The van der Waals surface area contributed by atoms with Crippen LogP contribution in [0.2, 0.25) is 0 Å². The maximum Gasteiger partial charge on any atom is 0.270 e. The van der Waals surface area contributed by atoms with Gasteiger partial charge in [0.2, 0.25) is 0 Å². The lowest BCUT2D eigenvalue weighted by molar-refractivity contribution is -0.384. The second kappa shape index (κ2) is 7.75. The molecule has 0 spiro atoms. The molecule has 6 nitrogen and oxygen atoms in total. The first kappa shape index (κ1) is 18.8. The molecule has 1 aliphatic heterocycles. The average molecular weight is 381 g/mol.